The molecule has 0 unspecified atom stereocenters. The summed E-state index contributed by atoms with van der Waals surface area (Å²) in [6, 6.07) is 9.88. The third-order valence-electron chi connectivity index (χ3n) is 2.52. The summed E-state index contributed by atoms with van der Waals surface area (Å²) in [4.78, 5) is 0. The molecule has 0 spiro atoms. The lowest BCUT2D eigenvalue weighted by atomic mass is 10.2. The van der Waals surface area contributed by atoms with Crippen LogP contribution in [0.5, 0.6) is 0 Å². The first-order chi connectivity index (χ1) is 8.58. The summed E-state index contributed by atoms with van der Waals surface area (Å²) < 4.78 is 13.0. The molecular formula is C13H11Cl2FN2. The highest BCUT2D eigenvalue weighted by molar-refractivity contribution is 6.39. The molecule has 5 heteroatoms. The highest BCUT2D eigenvalue weighted by Gasteiger charge is 2.08. The SMILES string of the molecule is Nc1ccccc1CNc1c(Cl)cc(F)cc1Cl. The van der Waals surface area contributed by atoms with E-state index in [1.165, 1.54) is 12.1 Å². The summed E-state index contributed by atoms with van der Waals surface area (Å²) in [5.41, 5.74) is 7.93. The fraction of sp³-hybridized carbons (Fsp3) is 0.0769. The van der Waals surface area contributed by atoms with Crippen LogP contribution in [-0.2, 0) is 6.54 Å². The molecule has 0 saturated carbocycles. The Bertz CT molecular complexity index is 550. The Morgan fingerprint density at radius 1 is 1.11 bits per heavy atom. The molecule has 0 aliphatic rings. The highest BCUT2D eigenvalue weighted by Crippen LogP contribution is 2.31. The van der Waals surface area contributed by atoms with Gasteiger partial charge in [-0.15, -0.1) is 0 Å². The van der Waals surface area contributed by atoms with Crippen molar-refractivity contribution >= 4 is 34.6 Å². The maximum atomic E-state index is 13.0. The fourth-order valence-corrected chi connectivity index (χ4v) is 2.18. The van der Waals surface area contributed by atoms with E-state index in [0.29, 0.717) is 17.9 Å². The van der Waals surface area contributed by atoms with E-state index in [4.69, 9.17) is 28.9 Å². The second-order valence-electron chi connectivity index (χ2n) is 3.80. The topological polar surface area (TPSA) is 38.0 Å². The monoisotopic (exact) mass is 284 g/mol. The zero-order valence-electron chi connectivity index (χ0n) is 9.38. The zero-order valence-corrected chi connectivity index (χ0v) is 10.9. The standard InChI is InChI=1S/C13H11Cl2FN2/c14-10-5-9(16)6-11(15)13(10)18-7-8-3-1-2-4-12(8)17/h1-6,18H,7,17H2. The lowest BCUT2D eigenvalue weighted by Gasteiger charge is -2.12. The normalized spacial score (nSPS) is 10.4. The molecule has 0 atom stereocenters. The summed E-state index contributed by atoms with van der Waals surface area (Å²) in [6.45, 7) is 0.470. The predicted octanol–water partition coefficient (Wildman–Crippen LogP) is 4.33. The summed E-state index contributed by atoms with van der Waals surface area (Å²) in [7, 11) is 0. The van der Waals surface area contributed by atoms with Crippen LogP contribution in [0.25, 0.3) is 0 Å². The van der Waals surface area contributed by atoms with Crippen LogP contribution in [0, 0.1) is 5.82 Å². The number of hydrogen-bond donors (Lipinski definition) is 2. The molecule has 2 aromatic carbocycles. The van der Waals surface area contributed by atoms with Crippen LogP contribution < -0.4 is 11.1 Å². The predicted molar refractivity (Wildman–Crippen MR) is 74.6 cm³/mol. The lowest BCUT2D eigenvalue weighted by molar-refractivity contribution is 0.628. The molecular weight excluding hydrogens is 274 g/mol. The van der Waals surface area contributed by atoms with Gasteiger partial charge in [0.15, 0.2) is 0 Å². The maximum absolute atomic E-state index is 13.0. The molecule has 0 bridgehead atoms. The Balaban J connectivity index is 2.19. The smallest absolute Gasteiger partial charge is 0.126 e. The molecule has 0 radical (unpaired) electrons. The van der Waals surface area contributed by atoms with Gasteiger partial charge in [0.25, 0.3) is 0 Å². The number of halogens is 3. The number of benzene rings is 2. The van der Waals surface area contributed by atoms with E-state index in [0.717, 1.165) is 5.56 Å². The molecule has 0 aliphatic carbocycles. The van der Waals surface area contributed by atoms with Gasteiger partial charge in [-0.05, 0) is 23.8 Å². The van der Waals surface area contributed by atoms with Crippen LogP contribution in [0.3, 0.4) is 0 Å². The van der Waals surface area contributed by atoms with Gasteiger partial charge in [-0.3, -0.25) is 0 Å². The molecule has 3 N–H and O–H groups in total. The third-order valence-corrected chi connectivity index (χ3v) is 3.11. The fourth-order valence-electron chi connectivity index (χ4n) is 1.59. The Hall–Kier alpha value is -1.45. The molecule has 2 rings (SSSR count). The van der Waals surface area contributed by atoms with Gasteiger partial charge in [0, 0.05) is 12.2 Å². The summed E-state index contributed by atoms with van der Waals surface area (Å²) in [5, 5.41) is 3.54. The van der Waals surface area contributed by atoms with Crippen molar-refractivity contribution in [2.75, 3.05) is 11.1 Å². The van der Waals surface area contributed by atoms with Crippen molar-refractivity contribution < 1.29 is 4.39 Å². The third kappa shape index (κ3) is 2.86. The highest BCUT2D eigenvalue weighted by atomic mass is 35.5. The van der Waals surface area contributed by atoms with Gasteiger partial charge in [0.1, 0.15) is 5.82 Å². The number of rotatable bonds is 3. The molecule has 0 aliphatic heterocycles. The van der Waals surface area contributed by atoms with Gasteiger partial charge in [-0.25, -0.2) is 4.39 Å². The average molecular weight is 285 g/mol. The van der Waals surface area contributed by atoms with Crippen LogP contribution in [0.4, 0.5) is 15.8 Å². The van der Waals surface area contributed by atoms with Crippen LogP contribution in [0.1, 0.15) is 5.56 Å². The van der Waals surface area contributed by atoms with E-state index < -0.39 is 5.82 Å². The molecule has 94 valence electrons. The first-order valence-corrected chi connectivity index (χ1v) is 6.05. The quantitative estimate of drug-likeness (QED) is 0.824. The Morgan fingerprint density at radius 3 is 2.33 bits per heavy atom. The first-order valence-electron chi connectivity index (χ1n) is 5.29. The molecule has 18 heavy (non-hydrogen) atoms. The number of nitrogen functional groups attached to an aromatic ring is 1. The minimum Gasteiger partial charge on any atom is -0.398 e. The molecule has 2 aromatic rings. The average Bonchev–Trinajstić information content (AvgIpc) is 2.30. The molecule has 2 nitrogen and oxygen atoms in total. The van der Waals surface area contributed by atoms with Gasteiger partial charge < -0.3 is 11.1 Å². The number of nitrogens with one attached hydrogen (secondary N) is 1. The van der Waals surface area contributed by atoms with E-state index in [9.17, 15) is 4.39 Å². The minimum atomic E-state index is -0.463. The van der Waals surface area contributed by atoms with Gasteiger partial charge >= 0.3 is 0 Å². The van der Waals surface area contributed by atoms with Gasteiger partial charge in [-0.1, -0.05) is 41.4 Å². The second kappa shape index (κ2) is 5.46. The minimum absolute atomic E-state index is 0.245. The van der Waals surface area contributed by atoms with Crippen molar-refractivity contribution in [1.82, 2.24) is 0 Å². The molecule has 0 saturated heterocycles. The van der Waals surface area contributed by atoms with Crippen LogP contribution >= 0.6 is 23.2 Å². The summed E-state index contributed by atoms with van der Waals surface area (Å²) >= 11 is 11.8. The summed E-state index contributed by atoms with van der Waals surface area (Å²) in [6.07, 6.45) is 0. The number of hydrogen-bond acceptors (Lipinski definition) is 2. The number of para-hydroxylation sites is 1. The lowest BCUT2D eigenvalue weighted by Crippen LogP contribution is -2.03. The maximum Gasteiger partial charge on any atom is 0.126 e. The van der Waals surface area contributed by atoms with E-state index in [1.54, 1.807) is 0 Å². The van der Waals surface area contributed by atoms with Crippen LogP contribution in [-0.4, -0.2) is 0 Å². The van der Waals surface area contributed by atoms with Crippen molar-refractivity contribution in [3.05, 3.63) is 57.8 Å². The van der Waals surface area contributed by atoms with Crippen molar-refractivity contribution in [1.29, 1.82) is 0 Å². The van der Waals surface area contributed by atoms with Crippen molar-refractivity contribution in [3.63, 3.8) is 0 Å². The Morgan fingerprint density at radius 2 is 1.72 bits per heavy atom. The van der Waals surface area contributed by atoms with Gasteiger partial charge in [0.05, 0.1) is 15.7 Å². The van der Waals surface area contributed by atoms with Crippen LogP contribution in [0.2, 0.25) is 10.0 Å². The summed E-state index contributed by atoms with van der Waals surface area (Å²) in [5.74, 6) is -0.463. The Kier molecular flexibility index (Phi) is 3.94. The number of nitrogens with two attached hydrogens (primary N) is 1. The van der Waals surface area contributed by atoms with Gasteiger partial charge in [0.2, 0.25) is 0 Å². The van der Waals surface area contributed by atoms with E-state index in [2.05, 4.69) is 5.32 Å². The van der Waals surface area contributed by atoms with E-state index in [-0.39, 0.29) is 10.0 Å². The van der Waals surface area contributed by atoms with Crippen LogP contribution in [0.15, 0.2) is 36.4 Å². The van der Waals surface area contributed by atoms with E-state index >= 15 is 0 Å². The van der Waals surface area contributed by atoms with Crippen molar-refractivity contribution in [2.45, 2.75) is 6.54 Å². The molecule has 0 heterocycles. The molecule has 0 aromatic heterocycles. The largest absolute Gasteiger partial charge is 0.398 e. The first kappa shape index (κ1) is 13.0. The number of anilines is 2. The van der Waals surface area contributed by atoms with E-state index in [1.807, 2.05) is 24.3 Å². The molecule has 0 amide bonds. The molecule has 0 fully saturated rings. The van der Waals surface area contributed by atoms with Gasteiger partial charge in [-0.2, -0.15) is 0 Å². The van der Waals surface area contributed by atoms with Crippen molar-refractivity contribution in [2.24, 2.45) is 0 Å². The Labute approximate surface area is 115 Å². The second-order valence-corrected chi connectivity index (χ2v) is 4.61. The van der Waals surface area contributed by atoms with Crippen molar-refractivity contribution in [3.8, 4) is 0 Å². The zero-order chi connectivity index (χ0) is 13.1.